The molecule has 1 atom stereocenters. The molecular weight excluding hydrogens is 342 g/mol. The molecule has 0 radical (unpaired) electrons. The summed E-state index contributed by atoms with van der Waals surface area (Å²) in [5, 5.41) is 1.08. The fraction of sp³-hybridized carbons (Fsp3) is 0.524. The molecule has 0 spiro atoms. The number of nitrogens with one attached hydrogen (secondary N) is 1. The maximum absolute atomic E-state index is 13.5. The Labute approximate surface area is 159 Å². The summed E-state index contributed by atoms with van der Waals surface area (Å²) < 4.78 is 5.37. The number of amides is 2. The number of aromatic nitrogens is 1. The zero-order valence-corrected chi connectivity index (χ0v) is 16.3. The van der Waals surface area contributed by atoms with Gasteiger partial charge in [-0.05, 0) is 43.5 Å². The average Bonchev–Trinajstić information content (AvgIpc) is 3.05. The van der Waals surface area contributed by atoms with Gasteiger partial charge >= 0.3 is 0 Å². The number of aromatic amines is 1. The van der Waals surface area contributed by atoms with E-state index in [0.717, 1.165) is 53.6 Å². The number of piperazine rings is 1. The molecule has 1 aromatic heterocycles. The fourth-order valence-corrected chi connectivity index (χ4v) is 4.57. The van der Waals surface area contributed by atoms with E-state index in [0.29, 0.717) is 13.1 Å². The number of H-pyrrole nitrogens is 1. The minimum absolute atomic E-state index is 0.0256. The van der Waals surface area contributed by atoms with Crippen molar-refractivity contribution >= 4 is 22.7 Å². The molecule has 2 amide bonds. The van der Waals surface area contributed by atoms with Gasteiger partial charge in [-0.25, -0.2) is 0 Å². The second kappa shape index (κ2) is 6.59. The van der Waals surface area contributed by atoms with Gasteiger partial charge in [0.1, 0.15) is 5.75 Å². The van der Waals surface area contributed by atoms with Crippen LogP contribution in [0.15, 0.2) is 18.2 Å². The molecule has 0 saturated carbocycles. The van der Waals surface area contributed by atoms with Crippen LogP contribution in [-0.4, -0.2) is 53.3 Å². The van der Waals surface area contributed by atoms with Crippen molar-refractivity contribution < 1.29 is 14.3 Å². The monoisotopic (exact) mass is 369 g/mol. The summed E-state index contributed by atoms with van der Waals surface area (Å²) in [5.41, 5.74) is 2.00. The Balaban J connectivity index is 1.78. The summed E-state index contributed by atoms with van der Waals surface area (Å²) in [5.74, 6) is 0.859. The number of ether oxygens (including phenoxy) is 1. The van der Waals surface area contributed by atoms with E-state index in [1.807, 2.05) is 25.1 Å². The quantitative estimate of drug-likeness (QED) is 0.824. The van der Waals surface area contributed by atoms with Gasteiger partial charge in [-0.1, -0.05) is 19.8 Å². The number of unbranched alkanes of at least 4 members (excludes halogenated alkanes) is 2. The first-order chi connectivity index (χ1) is 13.0. The molecule has 2 aliphatic heterocycles. The summed E-state index contributed by atoms with van der Waals surface area (Å²) in [6, 6.07) is 5.90. The maximum Gasteiger partial charge on any atom is 0.254 e. The molecule has 3 heterocycles. The highest BCUT2D eigenvalue weighted by atomic mass is 16.5. The molecule has 1 unspecified atom stereocenters. The largest absolute Gasteiger partial charge is 0.497 e. The first kappa shape index (κ1) is 17.9. The van der Waals surface area contributed by atoms with E-state index < -0.39 is 5.54 Å². The second-order valence-corrected chi connectivity index (χ2v) is 7.69. The Hall–Kier alpha value is -2.50. The lowest BCUT2D eigenvalue weighted by Gasteiger charge is -2.49. The standard InChI is InChI=1S/C21H27N3O3/c1-4-5-6-10-23-13-18(25)24-11-9-15-16-12-14(27-3)7-8-17(16)22-19(15)21(24,2)20(23)26/h7-8,12,22H,4-6,9-11,13H2,1-3H3. The molecule has 144 valence electrons. The molecule has 2 aromatic rings. The number of fused-ring (bicyclic) bond motifs is 5. The van der Waals surface area contributed by atoms with E-state index in [4.69, 9.17) is 4.74 Å². The predicted molar refractivity (Wildman–Crippen MR) is 104 cm³/mol. The molecule has 4 rings (SSSR count). The van der Waals surface area contributed by atoms with E-state index in [-0.39, 0.29) is 18.4 Å². The molecule has 6 heteroatoms. The molecule has 2 aliphatic rings. The fourth-order valence-electron chi connectivity index (χ4n) is 4.57. The van der Waals surface area contributed by atoms with Crippen molar-refractivity contribution in [2.45, 2.75) is 45.1 Å². The molecule has 1 aromatic carbocycles. The number of benzene rings is 1. The van der Waals surface area contributed by atoms with Crippen molar-refractivity contribution in [2.24, 2.45) is 0 Å². The van der Waals surface area contributed by atoms with Gasteiger partial charge in [-0.15, -0.1) is 0 Å². The van der Waals surface area contributed by atoms with Gasteiger partial charge in [0, 0.05) is 24.0 Å². The van der Waals surface area contributed by atoms with Gasteiger partial charge < -0.3 is 19.5 Å². The molecule has 0 bridgehead atoms. The number of methoxy groups -OCH3 is 1. The maximum atomic E-state index is 13.5. The van der Waals surface area contributed by atoms with E-state index in [1.54, 1.807) is 16.9 Å². The third-order valence-electron chi connectivity index (χ3n) is 6.09. The Kier molecular flexibility index (Phi) is 4.36. The third kappa shape index (κ3) is 2.61. The van der Waals surface area contributed by atoms with Crippen molar-refractivity contribution in [1.29, 1.82) is 0 Å². The van der Waals surface area contributed by atoms with Crippen molar-refractivity contribution in [3.8, 4) is 5.75 Å². The van der Waals surface area contributed by atoms with Gasteiger partial charge in [0.15, 0.2) is 5.54 Å². The second-order valence-electron chi connectivity index (χ2n) is 7.69. The zero-order chi connectivity index (χ0) is 19.2. The van der Waals surface area contributed by atoms with Gasteiger partial charge in [0.05, 0.1) is 19.3 Å². The minimum Gasteiger partial charge on any atom is -0.497 e. The Morgan fingerprint density at radius 1 is 1.26 bits per heavy atom. The van der Waals surface area contributed by atoms with Crippen molar-refractivity contribution in [3.63, 3.8) is 0 Å². The summed E-state index contributed by atoms with van der Waals surface area (Å²) in [7, 11) is 1.65. The van der Waals surface area contributed by atoms with Crippen LogP contribution in [0.1, 0.15) is 44.4 Å². The van der Waals surface area contributed by atoms with Crippen LogP contribution < -0.4 is 4.74 Å². The van der Waals surface area contributed by atoms with Gasteiger partial charge in [-0.2, -0.15) is 0 Å². The Morgan fingerprint density at radius 3 is 2.81 bits per heavy atom. The van der Waals surface area contributed by atoms with Crippen LogP contribution in [0.25, 0.3) is 10.9 Å². The molecule has 27 heavy (non-hydrogen) atoms. The number of nitrogens with zero attached hydrogens (tertiary/aromatic N) is 2. The van der Waals surface area contributed by atoms with E-state index >= 15 is 0 Å². The molecule has 0 aliphatic carbocycles. The average molecular weight is 369 g/mol. The van der Waals surface area contributed by atoms with Gasteiger partial charge in [0.25, 0.3) is 5.91 Å². The molecule has 1 fully saturated rings. The van der Waals surface area contributed by atoms with Crippen LogP contribution >= 0.6 is 0 Å². The van der Waals surface area contributed by atoms with Crippen molar-refractivity contribution in [3.05, 3.63) is 29.5 Å². The van der Waals surface area contributed by atoms with E-state index in [2.05, 4.69) is 11.9 Å². The smallest absolute Gasteiger partial charge is 0.254 e. The molecular formula is C21H27N3O3. The third-order valence-corrected chi connectivity index (χ3v) is 6.09. The van der Waals surface area contributed by atoms with Crippen LogP contribution in [0.2, 0.25) is 0 Å². The number of rotatable bonds is 5. The normalized spacial score (nSPS) is 22.2. The highest BCUT2D eigenvalue weighted by molar-refractivity contribution is 6.00. The first-order valence-corrected chi connectivity index (χ1v) is 9.79. The van der Waals surface area contributed by atoms with Crippen LogP contribution in [0.5, 0.6) is 5.75 Å². The minimum atomic E-state index is -0.957. The molecule has 1 N–H and O–H groups in total. The highest BCUT2D eigenvalue weighted by Gasteiger charge is 2.53. The van der Waals surface area contributed by atoms with Gasteiger partial charge in [-0.3, -0.25) is 9.59 Å². The van der Waals surface area contributed by atoms with Crippen molar-refractivity contribution in [2.75, 3.05) is 26.7 Å². The molecule has 1 saturated heterocycles. The number of hydrogen-bond donors (Lipinski definition) is 1. The summed E-state index contributed by atoms with van der Waals surface area (Å²) in [6.45, 7) is 5.44. The summed E-state index contributed by atoms with van der Waals surface area (Å²) in [4.78, 5) is 33.3. The number of carbonyl (C=O) groups excluding carboxylic acids is 2. The van der Waals surface area contributed by atoms with Gasteiger partial charge in [0.2, 0.25) is 5.91 Å². The lowest BCUT2D eigenvalue weighted by atomic mass is 9.83. The Bertz CT molecular complexity index is 903. The molecule has 6 nitrogen and oxygen atoms in total. The SMILES string of the molecule is CCCCCN1CC(=O)N2CCc3c([nH]c4ccc(OC)cc34)C2(C)C1=O. The van der Waals surface area contributed by atoms with Crippen LogP contribution in [0.3, 0.4) is 0 Å². The van der Waals surface area contributed by atoms with Crippen LogP contribution in [0, 0.1) is 0 Å². The lowest BCUT2D eigenvalue weighted by Crippen LogP contribution is -2.67. The van der Waals surface area contributed by atoms with E-state index in [9.17, 15) is 9.59 Å². The van der Waals surface area contributed by atoms with E-state index in [1.165, 1.54) is 0 Å². The Morgan fingerprint density at radius 2 is 2.07 bits per heavy atom. The number of hydrogen-bond acceptors (Lipinski definition) is 3. The van der Waals surface area contributed by atoms with Crippen LogP contribution in [-0.2, 0) is 21.5 Å². The topological polar surface area (TPSA) is 65.6 Å². The summed E-state index contributed by atoms with van der Waals surface area (Å²) >= 11 is 0. The van der Waals surface area contributed by atoms with Crippen molar-refractivity contribution in [1.82, 2.24) is 14.8 Å². The first-order valence-electron chi connectivity index (χ1n) is 9.79. The highest BCUT2D eigenvalue weighted by Crippen LogP contribution is 2.42. The lowest BCUT2D eigenvalue weighted by molar-refractivity contribution is -0.166. The van der Waals surface area contributed by atoms with Crippen LogP contribution in [0.4, 0.5) is 0 Å². The number of carbonyl (C=O) groups is 2. The summed E-state index contributed by atoms with van der Waals surface area (Å²) in [6.07, 6.45) is 3.83. The predicted octanol–water partition coefficient (Wildman–Crippen LogP) is 2.81. The zero-order valence-electron chi connectivity index (χ0n) is 16.3.